The molecule has 0 spiro atoms. The Bertz CT molecular complexity index is 743. The van der Waals surface area contributed by atoms with Gasteiger partial charge in [0.15, 0.2) is 0 Å². The number of nitrogens with zero attached hydrogens (tertiary/aromatic N) is 2. The summed E-state index contributed by atoms with van der Waals surface area (Å²) in [6.07, 6.45) is 0. The van der Waals surface area contributed by atoms with E-state index in [9.17, 15) is 10.1 Å². The monoisotopic (exact) mass is 365 g/mol. The van der Waals surface area contributed by atoms with Crippen LogP contribution in [0.1, 0.15) is 11.1 Å². The van der Waals surface area contributed by atoms with Crippen LogP contribution in [-0.2, 0) is 6.54 Å². The van der Waals surface area contributed by atoms with Gasteiger partial charge >= 0.3 is 0 Å². The van der Waals surface area contributed by atoms with Crippen LogP contribution in [0.25, 0.3) is 0 Å². The van der Waals surface area contributed by atoms with Crippen LogP contribution in [0.4, 0.5) is 11.4 Å². The molecule has 106 valence electrons. The van der Waals surface area contributed by atoms with Crippen LogP contribution in [0.15, 0.2) is 40.9 Å². The van der Waals surface area contributed by atoms with E-state index < -0.39 is 4.92 Å². The van der Waals surface area contributed by atoms with E-state index in [-0.39, 0.29) is 12.2 Å². The number of nitriles is 1. The van der Waals surface area contributed by atoms with E-state index in [0.717, 1.165) is 4.47 Å². The van der Waals surface area contributed by atoms with Gasteiger partial charge in [-0.3, -0.25) is 10.1 Å². The lowest BCUT2D eigenvalue weighted by Gasteiger charge is -2.09. The highest BCUT2D eigenvalue weighted by atomic mass is 79.9. The molecule has 0 aliphatic carbocycles. The number of nitro groups is 1. The van der Waals surface area contributed by atoms with Gasteiger partial charge in [-0.05, 0) is 30.3 Å². The Kier molecular flexibility index (Phi) is 4.78. The smallest absolute Gasteiger partial charge is 0.275 e. The highest BCUT2D eigenvalue weighted by Crippen LogP contribution is 2.25. The molecule has 0 aliphatic rings. The quantitative estimate of drug-likeness (QED) is 0.638. The first kappa shape index (κ1) is 15.3. The van der Waals surface area contributed by atoms with Crippen molar-refractivity contribution >= 4 is 38.9 Å². The summed E-state index contributed by atoms with van der Waals surface area (Å²) < 4.78 is 0.794. The van der Waals surface area contributed by atoms with Gasteiger partial charge in [-0.25, -0.2) is 0 Å². The van der Waals surface area contributed by atoms with Gasteiger partial charge in [0, 0.05) is 27.7 Å². The van der Waals surface area contributed by atoms with Crippen molar-refractivity contribution in [2.24, 2.45) is 0 Å². The lowest BCUT2D eigenvalue weighted by Crippen LogP contribution is -2.04. The molecular formula is C14H9BrClN3O2. The molecule has 5 nitrogen and oxygen atoms in total. The maximum absolute atomic E-state index is 11.0. The molecule has 0 saturated carbocycles. The maximum Gasteiger partial charge on any atom is 0.275 e. The van der Waals surface area contributed by atoms with Crippen molar-refractivity contribution in [3.05, 3.63) is 67.1 Å². The number of rotatable bonds is 4. The molecule has 0 radical (unpaired) electrons. The van der Waals surface area contributed by atoms with E-state index in [4.69, 9.17) is 16.9 Å². The van der Waals surface area contributed by atoms with Gasteiger partial charge in [-0.2, -0.15) is 5.26 Å². The third-order valence-corrected chi connectivity index (χ3v) is 3.54. The molecule has 0 saturated heterocycles. The summed E-state index contributed by atoms with van der Waals surface area (Å²) in [7, 11) is 0. The third-order valence-electron chi connectivity index (χ3n) is 2.82. The van der Waals surface area contributed by atoms with Crippen LogP contribution in [0.5, 0.6) is 0 Å². The summed E-state index contributed by atoms with van der Waals surface area (Å²) in [6, 6.07) is 11.8. The molecular weight excluding hydrogens is 358 g/mol. The largest absolute Gasteiger partial charge is 0.380 e. The fourth-order valence-corrected chi connectivity index (χ4v) is 2.34. The molecule has 0 bridgehead atoms. The van der Waals surface area contributed by atoms with Gasteiger partial charge in [0.1, 0.15) is 6.07 Å². The van der Waals surface area contributed by atoms with Gasteiger partial charge in [0.2, 0.25) is 0 Å². The molecule has 2 rings (SSSR count). The number of anilines is 1. The lowest BCUT2D eigenvalue weighted by atomic mass is 10.1. The minimum Gasteiger partial charge on any atom is -0.380 e. The van der Waals surface area contributed by atoms with E-state index in [1.54, 1.807) is 30.3 Å². The summed E-state index contributed by atoms with van der Waals surface area (Å²) in [5.41, 5.74) is 1.52. The van der Waals surface area contributed by atoms with Crippen LogP contribution in [0.2, 0.25) is 5.02 Å². The second kappa shape index (κ2) is 6.57. The van der Waals surface area contributed by atoms with Crippen molar-refractivity contribution in [2.75, 3.05) is 5.32 Å². The van der Waals surface area contributed by atoms with E-state index in [0.29, 0.717) is 21.8 Å². The maximum atomic E-state index is 11.0. The first-order chi connectivity index (χ1) is 10.0. The second-order valence-electron chi connectivity index (χ2n) is 4.19. The molecule has 21 heavy (non-hydrogen) atoms. The Morgan fingerprint density at radius 1 is 1.33 bits per heavy atom. The summed E-state index contributed by atoms with van der Waals surface area (Å²) in [5, 5.41) is 23.4. The topological polar surface area (TPSA) is 79.0 Å². The lowest BCUT2D eigenvalue weighted by molar-refractivity contribution is -0.385. The second-order valence-corrected chi connectivity index (χ2v) is 5.54. The first-order valence-corrected chi connectivity index (χ1v) is 7.04. The molecule has 0 aliphatic heterocycles. The number of halogens is 2. The van der Waals surface area contributed by atoms with Crippen LogP contribution in [0, 0.1) is 21.4 Å². The number of benzene rings is 2. The molecule has 2 aromatic rings. The third kappa shape index (κ3) is 3.72. The van der Waals surface area contributed by atoms with E-state index in [1.807, 2.05) is 0 Å². The molecule has 0 fully saturated rings. The van der Waals surface area contributed by atoms with Crippen molar-refractivity contribution in [1.82, 2.24) is 0 Å². The van der Waals surface area contributed by atoms with Crippen molar-refractivity contribution < 1.29 is 4.92 Å². The van der Waals surface area contributed by atoms with Gasteiger partial charge in [0.05, 0.1) is 16.2 Å². The van der Waals surface area contributed by atoms with Crippen LogP contribution in [-0.4, -0.2) is 4.92 Å². The molecule has 0 atom stereocenters. The number of hydrogen-bond acceptors (Lipinski definition) is 4. The Labute approximate surface area is 134 Å². The number of nitrogens with one attached hydrogen (secondary N) is 1. The summed E-state index contributed by atoms with van der Waals surface area (Å²) in [5.74, 6) is 0. The SMILES string of the molecule is N#Cc1cc(Br)ccc1NCc1ccc(Cl)cc1[N+](=O)[O-]. The summed E-state index contributed by atoms with van der Waals surface area (Å²) in [6.45, 7) is 0.226. The van der Waals surface area contributed by atoms with E-state index >= 15 is 0 Å². The van der Waals surface area contributed by atoms with Crippen LogP contribution >= 0.6 is 27.5 Å². The fraction of sp³-hybridized carbons (Fsp3) is 0.0714. The van der Waals surface area contributed by atoms with Gasteiger partial charge in [0.25, 0.3) is 5.69 Å². The first-order valence-electron chi connectivity index (χ1n) is 5.87. The number of hydrogen-bond donors (Lipinski definition) is 1. The van der Waals surface area contributed by atoms with Crippen molar-refractivity contribution in [1.29, 1.82) is 5.26 Å². The van der Waals surface area contributed by atoms with Gasteiger partial charge < -0.3 is 5.32 Å². The molecule has 0 heterocycles. The number of nitro benzene ring substituents is 1. The predicted molar refractivity (Wildman–Crippen MR) is 84.3 cm³/mol. The molecule has 0 amide bonds. The highest BCUT2D eigenvalue weighted by molar-refractivity contribution is 9.10. The summed E-state index contributed by atoms with van der Waals surface area (Å²) >= 11 is 9.06. The van der Waals surface area contributed by atoms with Gasteiger partial charge in [-0.15, -0.1) is 0 Å². The van der Waals surface area contributed by atoms with Crippen LogP contribution < -0.4 is 5.32 Å². The predicted octanol–water partition coefficient (Wildman–Crippen LogP) is 4.49. The minimum absolute atomic E-state index is 0.0504. The zero-order valence-electron chi connectivity index (χ0n) is 10.6. The molecule has 2 aromatic carbocycles. The Hall–Kier alpha value is -2.10. The fourth-order valence-electron chi connectivity index (χ4n) is 1.81. The van der Waals surface area contributed by atoms with Crippen LogP contribution in [0.3, 0.4) is 0 Å². The molecule has 7 heteroatoms. The normalized spacial score (nSPS) is 9.95. The zero-order valence-corrected chi connectivity index (χ0v) is 13.0. The average molecular weight is 367 g/mol. The molecule has 1 N–H and O–H groups in total. The van der Waals surface area contributed by atoms with E-state index in [2.05, 4.69) is 27.3 Å². The van der Waals surface area contributed by atoms with Crippen molar-refractivity contribution in [2.45, 2.75) is 6.54 Å². The molecule has 0 unspecified atom stereocenters. The highest BCUT2D eigenvalue weighted by Gasteiger charge is 2.14. The molecule has 0 aromatic heterocycles. The Morgan fingerprint density at radius 3 is 2.76 bits per heavy atom. The zero-order chi connectivity index (χ0) is 15.4. The standard InChI is InChI=1S/C14H9BrClN3O2/c15-11-2-4-13(10(5-11)7-17)18-8-9-1-3-12(16)6-14(9)19(20)21/h1-6,18H,8H2. The van der Waals surface area contributed by atoms with Crippen molar-refractivity contribution in [3.8, 4) is 6.07 Å². The Balaban J connectivity index is 2.25. The minimum atomic E-state index is -0.477. The summed E-state index contributed by atoms with van der Waals surface area (Å²) in [4.78, 5) is 10.5. The van der Waals surface area contributed by atoms with Gasteiger partial charge in [-0.1, -0.05) is 27.5 Å². The Morgan fingerprint density at radius 2 is 2.10 bits per heavy atom. The van der Waals surface area contributed by atoms with E-state index in [1.165, 1.54) is 6.07 Å². The average Bonchev–Trinajstić information content (AvgIpc) is 2.46. The van der Waals surface area contributed by atoms with Crippen molar-refractivity contribution in [3.63, 3.8) is 0 Å².